The van der Waals surface area contributed by atoms with Crippen LogP contribution < -0.4 is 9.46 Å². The van der Waals surface area contributed by atoms with Crippen molar-refractivity contribution in [2.45, 2.75) is 23.8 Å². The van der Waals surface area contributed by atoms with Gasteiger partial charge in [-0.25, -0.2) is 13.1 Å². The highest BCUT2D eigenvalue weighted by molar-refractivity contribution is 7.89. The molecule has 8 nitrogen and oxygen atoms in total. The Morgan fingerprint density at radius 3 is 2.73 bits per heavy atom. The summed E-state index contributed by atoms with van der Waals surface area (Å²) < 4.78 is 43.7. The van der Waals surface area contributed by atoms with Gasteiger partial charge in [0.05, 0.1) is 36.9 Å². The minimum atomic E-state index is -3.74. The van der Waals surface area contributed by atoms with Gasteiger partial charge in [0, 0.05) is 26.2 Å². The van der Waals surface area contributed by atoms with Crippen LogP contribution in [0.1, 0.15) is 23.2 Å². The van der Waals surface area contributed by atoms with Crippen LogP contribution in [0.4, 0.5) is 0 Å². The van der Waals surface area contributed by atoms with Crippen molar-refractivity contribution >= 4 is 15.9 Å². The first-order valence-corrected chi connectivity index (χ1v) is 10.2. The average Bonchev–Trinajstić information content (AvgIpc) is 3.20. The van der Waals surface area contributed by atoms with Crippen molar-refractivity contribution in [2.75, 3.05) is 46.6 Å². The highest BCUT2D eigenvalue weighted by atomic mass is 32.2. The molecule has 1 N–H and O–H groups in total. The molecule has 1 amide bonds. The molecule has 1 atom stereocenters. The van der Waals surface area contributed by atoms with Gasteiger partial charge < -0.3 is 19.1 Å². The SMILES string of the molecule is COc1ccc(S(=O)(=O)NC[C@@H]2CCCO2)cc1C(=O)N1CCOCC1. The molecule has 2 aliphatic heterocycles. The van der Waals surface area contributed by atoms with E-state index in [-0.39, 0.29) is 29.0 Å². The quantitative estimate of drug-likeness (QED) is 0.773. The van der Waals surface area contributed by atoms with E-state index in [2.05, 4.69) is 4.72 Å². The van der Waals surface area contributed by atoms with E-state index in [1.54, 1.807) is 4.90 Å². The first kappa shape index (κ1) is 19.1. The van der Waals surface area contributed by atoms with Gasteiger partial charge in [-0.15, -0.1) is 0 Å². The Labute approximate surface area is 153 Å². The number of morpholine rings is 1. The summed E-state index contributed by atoms with van der Waals surface area (Å²) in [5.41, 5.74) is 0.231. The molecule has 0 radical (unpaired) electrons. The standard InChI is InChI=1S/C17H24N2O6S/c1-23-16-5-4-14(26(21,22)18-12-13-3-2-8-25-13)11-15(16)17(20)19-6-9-24-10-7-19/h4-5,11,13,18H,2-3,6-10,12H2,1H3/t13-/m0/s1. The van der Waals surface area contributed by atoms with Crippen molar-refractivity contribution in [3.8, 4) is 5.75 Å². The zero-order chi connectivity index (χ0) is 18.6. The molecule has 2 fully saturated rings. The average molecular weight is 384 g/mol. The highest BCUT2D eigenvalue weighted by Crippen LogP contribution is 2.24. The van der Waals surface area contributed by atoms with Gasteiger partial charge in [-0.1, -0.05) is 0 Å². The van der Waals surface area contributed by atoms with Gasteiger partial charge >= 0.3 is 0 Å². The van der Waals surface area contributed by atoms with Crippen LogP contribution in [0.25, 0.3) is 0 Å². The Morgan fingerprint density at radius 2 is 2.08 bits per heavy atom. The molecule has 26 heavy (non-hydrogen) atoms. The van der Waals surface area contributed by atoms with E-state index in [4.69, 9.17) is 14.2 Å². The summed E-state index contributed by atoms with van der Waals surface area (Å²) in [6.45, 7) is 2.75. The first-order chi connectivity index (χ1) is 12.5. The number of rotatable bonds is 6. The van der Waals surface area contributed by atoms with Crippen molar-refractivity contribution in [3.63, 3.8) is 0 Å². The van der Waals surface area contributed by atoms with Crippen LogP contribution >= 0.6 is 0 Å². The number of benzene rings is 1. The Balaban J connectivity index is 1.80. The van der Waals surface area contributed by atoms with Crippen molar-refractivity contribution in [3.05, 3.63) is 23.8 Å². The molecule has 0 unspecified atom stereocenters. The maximum absolute atomic E-state index is 12.8. The topological polar surface area (TPSA) is 94.2 Å². The van der Waals surface area contributed by atoms with E-state index in [9.17, 15) is 13.2 Å². The Bertz CT molecular complexity index is 740. The van der Waals surface area contributed by atoms with Crippen LogP contribution in [-0.4, -0.2) is 71.9 Å². The van der Waals surface area contributed by atoms with Crippen LogP contribution in [0.15, 0.2) is 23.1 Å². The number of nitrogens with one attached hydrogen (secondary N) is 1. The molecule has 2 aliphatic rings. The number of hydrogen-bond acceptors (Lipinski definition) is 6. The molecule has 9 heteroatoms. The second-order valence-corrected chi connectivity index (χ2v) is 8.02. The third kappa shape index (κ3) is 4.35. The lowest BCUT2D eigenvalue weighted by molar-refractivity contribution is 0.0300. The van der Waals surface area contributed by atoms with Crippen LogP contribution in [0.5, 0.6) is 5.75 Å². The molecular formula is C17H24N2O6S. The van der Waals surface area contributed by atoms with Gasteiger partial charge in [-0.2, -0.15) is 0 Å². The van der Waals surface area contributed by atoms with E-state index in [0.29, 0.717) is 38.7 Å². The molecule has 0 saturated carbocycles. The second-order valence-electron chi connectivity index (χ2n) is 6.25. The number of hydrogen-bond donors (Lipinski definition) is 1. The molecule has 0 aliphatic carbocycles. The number of sulfonamides is 1. The van der Waals surface area contributed by atoms with E-state index in [1.807, 2.05) is 0 Å². The van der Waals surface area contributed by atoms with Crippen molar-refractivity contribution in [1.82, 2.24) is 9.62 Å². The van der Waals surface area contributed by atoms with Crippen molar-refractivity contribution < 1.29 is 27.4 Å². The number of ether oxygens (including phenoxy) is 3. The first-order valence-electron chi connectivity index (χ1n) is 8.67. The van der Waals surface area contributed by atoms with Gasteiger partial charge in [-0.05, 0) is 31.0 Å². The molecule has 0 spiro atoms. The summed E-state index contributed by atoms with van der Waals surface area (Å²) in [6.07, 6.45) is 1.68. The van der Waals surface area contributed by atoms with Gasteiger partial charge in [-0.3, -0.25) is 4.79 Å². The number of amides is 1. The maximum Gasteiger partial charge on any atom is 0.257 e. The summed E-state index contributed by atoms with van der Waals surface area (Å²) >= 11 is 0. The fraction of sp³-hybridized carbons (Fsp3) is 0.588. The lowest BCUT2D eigenvalue weighted by Crippen LogP contribution is -2.41. The molecule has 3 rings (SSSR count). The van der Waals surface area contributed by atoms with Gasteiger partial charge in [0.2, 0.25) is 10.0 Å². The largest absolute Gasteiger partial charge is 0.496 e. The monoisotopic (exact) mass is 384 g/mol. The minimum Gasteiger partial charge on any atom is -0.496 e. The third-order valence-corrected chi connectivity index (χ3v) is 5.96. The summed E-state index contributed by atoms with van der Waals surface area (Å²) in [4.78, 5) is 14.5. The molecule has 1 aromatic rings. The number of carbonyl (C=O) groups excluding carboxylic acids is 1. The van der Waals surface area contributed by atoms with Gasteiger partial charge in [0.25, 0.3) is 5.91 Å². The molecule has 2 heterocycles. The van der Waals surface area contributed by atoms with Gasteiger partial charge in [0.1, 0.15) is 5.75 Å². The number of nitrogens with zero attached hydrogens (tertiary/aromatic N) is 1. The molecular weight excluding hydrogens is 360 g/mol. The van der Waals surface area contributed by atoms with E-state index < -0.39 is 10.0 Å². The van der Waals surface area contributed by atoms with Crippen molar-refractivity contribution in [1.29, 1.82) is 0 Å². The fourth-order valence-electron chi connectivity index (χ4n) is 3.05. The summed E-state index contributed by atoms with van der Waals surface area (Å²) in [7, 11) is -2.29. The normalized spacial score (nSPS) is 21.0. The molecule has 1 aromatic carbocycles. The molecule has 0 bridgehead atoms. The minimum absolute atomic E-state index is 0.0351. The number of methoxy groups -OCH3 is 1. The van der Waals surface area contributed by atoms with Crippen molar-refractivity contribution in [2.24, 2.45) is 0 Å². The summed E-state index contributed by atoms with van der Waals surface area (Å²) in [6, 6.07) is 4.32. The summed E-state index contributed by atoms with van der Waals surface area (Å²) in [5.74, 6) is 0.0842. The molecule has 2 saturated heterocycles. The Hall–Kier alpha value is -1.68. The van der Waals surface area contributed by atoms with Crippen LogP contribution in [0.3, 0.4) is 0 Å². The summed E-state index contributed by atoms with van der Waals surface area (Å²) in [5, 5.41) is 0. The second kappa shape index (κ2) is 8.34. The van der Waals surface area contributed by atoms with Crippen LogP contribution in [0.2, 0.25) is 0 Å². The zero-order valence-corrected chi connectivity index (χ0v) is 15.6. The van der Waals surface area contributed by atoms with Crippen LogP contribution in [0, 0.1) is 0 Å². The highest BCUT2D eigenvalue weighted by Gasteiger charge is 2.25. The van der Waals surface area contributed by atoms with Gasteiger partial charge in [0.15, 0.2) is 0 Å². The Morgan fingerprint density at radius 1 is 1.31 bits per heavy atom. The van der Waals surface area contributed by atoms with E-state index in [0.717, 1.165) is 12.8 Å². The van der Waals surface area contributed by atoms with E-state index in [1.165, 1.54) is 25.3 Å². The van der Waals surface area contributed by atoms with Crippen LogP contribution in [-0.2, 0) is 19.5 Å². The molecule has 0 aromatic heterocycles. The molecule has 144 valence electrons. The lowest BCUT2D eigenvalue weighted by atomic mass is 10.1. The predicted octanol–water partition coefficient (Wildman–Crippen LogP) is 0.625. The van der Waals surface area contributed by atoms with E-state index >= 15 is 0 Å². The Kier molecular flexibility index (Phi) is 6.13. The maximum atomic E-state index is 12.8. The fourth-order valence-corrected chi connectivity index (χ4v) is 4.14. The zero-order valence-electron chi connectivity index (χ0n) is 14.8. The predicted molar refractivity (Wildman–Crippen MR) is 93.9 cm³/mol. The lowest BCUT2D eigenvalue weighted by Gasteiger charge is -2.27. The third-order valence-electron chi connectivity index (χ3n) is 4.53. The number of carbonyl (C=O) groups is 1. The smallest absolute Gasteiger partial charge is 0.257 e.